The molecule has 1 aliphatic heterocycles. The van der Waals surface area contributed by atoms with Crippen molar-refractivity contribution >= 4 is 0 Å². The number of rotatable bonds is 8. The van der Waals surface area contributed by atoms with Crippen LogP contribution >= 0.6 is 0 Å². The zero-order valence-electron chi connectivity index (χ0n) is 10.7. The molecule has 1 heterocycles. The summed E-state index contributed by atoms with van der Waals surface area (Å²) in [5.74, 6) is 0. The summed E-state index contributed by atoms with van der Waals surface area (Å²) in [7, 11) is 2.07. The fourth-order valence-electron chi connectivity index (χ4n) is 2.32. The molecule has 2 N–H and O–H groups in total. The number of hydrogen-bond acceptors (Lipinski definition) is 4. The van der Waals surface area contributed by atoms with Gasteiger partial charge in [0, 0.05) is 31.7 Å². The average molecular weight is 230 g/mol. The van der Waals surface area contributed by atoms with Crippen LogP contribution < -0.4 is 5.32 Å². The van der Waals surface area contributed by atoms with Crippen LogP contribution in [-0.4, -0.2) is 63.1 Å². The number of aliphatic hydroxyl groups is 1. The predicted octanol–water partition coefficient (Wildman–Crippen LogP) is 0.317. The van der Waals surface area contributed by atoms with Crippen molar-refractivity contribution in [3.05, 3.63) is 0 Å². The van der Waals surface area contributed by atoms with E-state index in [1.54, 1.807) is 0 Å². The van der Waals surface area contributed by atoms with E-state index in [4.69, 9.17) is 9.84 Å². The Morgan fingerprint density at radius 1 is 1.50 bits per heavy atom. The molecule has 0 aromatic rings. The summed E-state index contributed by atoms with van der Waals surface area (Å²) < 4.78 is 5.54. The highest BCUT2D eigenvalue weighted by atomic mass is 16.5. The maximum absolute atomic E-state index is 8.92. The smallest absolute Gasteiger partial charge is 0.0558 e. The van der Waals surface area contributed by atoms with Gasteiger partial charge in [-0.15, -0.1) is 0 Å². The Morgan fingerprint density at radius 2 is 2.31 bits per heavy atom. The van der Waals surface area contributed by atoms with Gasteiger partial charge in [0.2, 0.25) is 0 Å². The van der Waals surface area contributed by atoms with Gasteiger partial charge in [-0.3, -0.25) is 0 Å². The average Bonchev–Trinajstić information content (AvgIpc) is 2.67. The standard InChI is InChI=1S/C12H26N2O2/c1-3-5-13-9-12(4-8-16-11-12)10-14(2)6-7-15/h13,15H,3-11H2,1-2H3. The quantitative estimate of drug-likeness (QED) is 0.589. The number of nitrogens with one attached hydrogen (secondary N) is 1. The van der Waals surface area contributed by atoms with Crippen molar-refractivity contribution in [2.45, 2.75) is 19.8 Å². The molecular weight excluding hydrogens is 204 g/mol. The molecule has 1 atom stereocenters. The Morgan fingerprint density at radius 3 is 2.88 bits per heavy atom. The zero-order valence-corrected chi connectivity index (χ0v) is 10.7. The third kappa shape index (κ3) is 4.37. The summed E-state index contributed by atoms with van der Waals surface area (Å²) in [6.07, 6.45) is 2.29. The highest BCUT2D eigenvalue weighted by Crippen LogP contribution is 2.28. The molecule has 1 rings (SSSR count). The summed E-state index contributed by atoms with van der Waals surface area (Å²) in [4.78, 5) is 2.20. The van der Waals surface area contributed by atoms with Gasteiger partial charge in [0.05, 0.1) is 13.2 Å². The summed E-state index contributed by atoms with van der Waals surface area (Å²) >= 11 is 0. The minimum absolute atomic E-state index is 0.232. The van der Waals surface area contributed by atoms with Crippen LogP contribution in [-0.2, 0) is 4.74 Å². The van der Waals surface area contributed by atoms with Gasteiger partial charge < -0.3 is 20.1 Å². The highest BCUT2D eigenvalue weighted by molar-refractivity contribution is 4.87. The van der Waals surface area contributed by atoms with Crippen molar-refractivity contribution in [1.29, 1.82) is 0 Å². The molecule has 1 saturated heterocycles. The number of likely N-dealkylation sites (N-methyl/N-ethyl adjacent to an activating group) is 1. The lowest BCUT2D eigenvalue weighted by Gasteiger charge is -2.32. The van der Waals surface area contributed by atoms with Crippen molar-refractivity contribution in [2.24, 2.45) is 5.41 Å². The molecule has 0 aromatic carbocycles. The van der Waals surface area contributed by atoms with Crippen molar-refractivity contribution in [3.63, 3.8) is 0 Å². The molecule has 1 fully saturated rings. The van der Waals surface area contributed by atoms with E-state index in [9.17, 15) is 0 Å². The molecule has 0 amide bonds. The highest BCUT2D eigenvalue weighted by Gasteiger charge is 2.35. The van der Waals surface area contributed by atoms with Gasteiger partial charge in [-0.25, -0.2) is 0 Å². The Labute approximate surface area is 99.0 Å². The van der Waals surface area contributed by atoms with Crippen LogP contribution in [0.25, 0.3) is 0 Å². The van der Waals surface area contributed by atoms with Gasteiger partial charge in [0.25, 0.3) is 0 Å². The molecule has 4 nitrogen and oxygen atoms in total. The van der Waals surface area contributed by atoms with Gasteiger partial charge in [-0.05, 0) is 26.4 Å². The predicted molar refractivity (Wildman–Crippen MR) is 65.6 cm³/mol. The van der Waals surface area contributed by atoms with Gasteiger partial charge in [-0.1, -0.05) is 6.92 Å². The summed E-state index contributed by atoms with van der Waals surface area (Å²) in [5.41, 5.74) is 0.249. The summed E-state index contributed by atoms with van der Waals surface area (Å²) in [6, 6.07) is 0. The normalized spacial score (nSPS) is 25.5. The first-order chi connectivity index (χ1) is 7.72. The minimum Gasteiger partial charge on any atom is -0.395 e. The second-order valence-electron chi connectivity index (χ2n) is 4.94. The van der Waals surface area contributed by atoms with Crippen LogP contribution in [0.1, 0.15) is 19.8 Å². The fraction of sp³-hybridized carbons (Fsp3) is 1.00. The first-order valence-corrected chi connectivity index (χ1v) is 6.30. The zero-order chi connectivity index (χ0) is 11.9. The molecule has 16 heavy (non-hydrogen) atoms. The van der Waals surface area contributed by atoms with Crippen molar-refractivity contribution in [3.8, 4) is 0 Å². The molecule has 0 bridgehead atoms. The first-order valence-electron chi connectivity index (χ1n) is 6.30. The lowest BCUT2D eigenvalue weighted by atomic mass is 9.86. The van der Waals surface area contributed by atoms with Gasteiger partial charge in [0.15, 0.2) is 0 Å². The van der Waals surface area contributed by atoms with Crippen LogP contribution in [0.3, 0.4) is 0 Å². The van der Waals surface area contributed by atoms with Crippen LogP contribution in [0.15, 0.2) is 0 Å². The van der Waals surface area contributed by atoms with Crippen molar-refractivity contribution < 1.29 is 9.84 Å². The van der Waals surface area contributed by atoms with E-state index in [-0.39, 0.29) is 12.0 Å². The largest absolute Gasteiger partial charge is 0.395 e. The van der Waals surface area contributed by atoms with E-state index in [2.05, 4.69) is 24.2 Å². The molecule has 0 aliphatic carbocycles. The third-order valence-corrected chi connectivity index (χ3v) is 3.20. The van der Waals surface area contributed by atoms with E-state index >= 15 is 0 Å². The topological polar surface area (TPSA) is 44.7 Å². The third-order valence-electron chi connectivity index (χ3n) is 3.20. The van der Waals surface area contributed by atoms with Crippen LogP contribution in [0.2, 0.25) is 0 Å². The Balaban J connectivity index is 2.38. The lowest BCUT2D eigenvalue weighted by Crippen LogP contribution is -2.44. The molecule has 0 spiro atoms. The van der Waals surface area contributed by atoms with E-state index < -0.39 is 0 Å². The number of nitrogens with zero attached hydrogens (tertiary/aromatic N) is 1. The number of ether oxygens (including phenoxy) is 1. The SMILES string of the molecule is CCCNCC1(CN(C)CCO)CCOC1. The maximum Gasteiger partial charge on any atom is 0.0558 e. The number of hydrogen-bond donors (Lipinski definition) is 2. The van der Waals surface area contributed by atoms with E-state index in [1.165, 1.54) is 6.42 Å². The molecular formula is C12H26N2O2. The molecule has 0 radical (unpaired) electrons. The van der Waals surface area contributed by atoms with Crippen LogP contribution in [0, 0.1) is 5.41 Å². The minimum atomic E-state index is 0.232. The van der Waals surface area contributed by atoms with E-state index in [0.717, 1.165) is 45.8 Å². The van der Waals surface area contributed by atoms with Crippen molar-refractivity contribution in [1.82, 2.24) is 10.2 Å². The van der Waals surface area contributed by atoms with E-state index in [1.807, 2.05) is 0 Å². The Bertz CT molecular complexity index is 182. The maximum atomic E-state index is 8.92. The van der Waals surface area contributed by atoms with Crippen LogP contribution in [0.4, 0.5) is 0 Å². The summed E-state index contributed by atoms with van der Waals surface area (Å²) in [5, 5.41) is 12.4. The monoisotopic (exact) mass is 230 g/mol. The second-order valence-corrected chi connectivity index (χ2v) is 4.94. The van der Waals surface area contributed by atoms with E-state index in [0.29, 0.717) is 0 Å². The number of aliphatic hydroxyl groups excluding tert-OH is 1. The fourth-order valence-corrected chi connectivity index (χ4v) is 2.32. The van der Waals surface area contributed by atoms with Crippen LogP contribution in [0.5, 0.6) is 0 Å². The van der Waals surface area contributed by atoms with Gasteiger partial charge >= 0.3 is 0 Å². The molecule has 0 aromatic heterocycles. The second kappa shape index (κ2) is 7.22. The Hall–Kier alpha value is -0.160. The molecule has 4 heteroatoms. The molecule has 96 valence electrons. The summed E-state index contributed by atoms with van der Waals surface area (Å²) in [6.45, 7) is 7.99. The molecule has 1 unspecified atom stereocenters. The van der Waals surface area contributed by atoms with Gasteiger partial charge in [-0.2, -0.15) is 0 Å². The first kappa shape index (κ1) is 13.9. The molecule has 1 aliphatic rings. The van der Waals surface area contributed by atoms with Crippen molar-refractivity contribution in [2.75, 3.05) is 53.0 Å². The lowest BCUT2D eigenvalue weighted by molar-refractivity contribution is 0.110. The Kier molecular flexibility index (Phi) is 6.28. The van der Waals surface area contributed by atoms with Gasteiger partial charge in [0.1, 0.15) is 0 Å². The molecule has 0 saturated carbocycles.